The van der Waals surface area contributed by atoms with Crippen molar-refractivity contribution in [3.8, 4) is 0 Å². The van der Waals surface area contributed by atoms with Crippen LogP contribution < -0.4 is 5.73 Å². The Labute approximate surface area is 110 Å². The Hall–Kier alpha value is -0.450. The number of nitrogens with zero attached hydrogens (tertiary/aromatic N) is 1. The fourth-order valence-electron chi connectivity index (χ4n) is 2.33. The van der Waals surface area contributed by atoms with E-state index in [1.165, 1.54) is 12.1 Å². The van der Waals surface area contributed by atoms with Crippen LogP contribution >= 0.6 is 15.9 Å². The standard InChI is InChI=1S/C13H18BrFN2/c1-9(16)10-4-5-17(7-10)8-11-2-3-12(15)6-13(11)14/h2-3,6,9-10H,4-5,7-8,16H2,1H3. The molecule has 2 nitrogen and oxygen atoms in total. The summed E-state index contributed by atoms with van der Waals surface area (Å²) >= 11 is 3.41. The summed E-state index contributed by atoms with van der Waals surface area (Å²) in [5, 5.41) is 0. The van der Waals surface area contributed by atoms with Crippen LogP contribution in [0.4, 0.5) is 4.39 Å². The van der Waals surface area contributed by atoms with Gasteiger partial charge in [-0.3, -0.25) is 4.90 Å². The molecule has 2 rings (SSSR count). The van der Waals surface area contributed by atoms with Gasteiger partial charge in [0.25, 0.3) is 0 Å². The first-order valence-corrected chi connectivity index (χ1v) is 6.77. The second kappa shape index (κ2) is 5.46. The first-order chi connectivity index (χ1) is 8.06. The molecule has 0 bridgehead atoms. The summed E-state index contributed by atoms with van der Waals surface area (Å²) in [6.07, 6.45) is 1.16. The molecule has 2 unspecified atom stereocenters. The van der Waals surface area contributed by atoms with Crippen LogP contribution in [0.2, 0.25) is 0 Å². The third-order valence-electron chi connectivity index (χ3n) is 3.46. The molecule has 1 saturated heterocycles. The van der Waals surface area contributed by atoms with Crippen molar-refractivity contribution in [2.75, 3.05) is 13.1 Å². The summed E-state index contributed by atoms with van der Waals surface area (Å²) in [4.78, 5) is 2.38. The van der Waals surface area contributed by atoms with Crippen LogP contribution in [0.25, 0.3) is 0 Å². The molecular weight excluding hydrogens is 283 g/mol. The number of rotatable bonds is 3. The van der Waals surface area contributed by atoms with E-state index in [0.29, 0.717) is 5.92 Å². The highest BCUT2D eigenvalue weighted by Gasteiger charge is 2.25. The number of likely N-dealkylation sites (tertiary alicyclic amines) is 1. The van der Waals surface area contributed by atoms with Gasteiger partial charge in [0.2, 0.25) is 0 Å². The molecule has 2 atom stereocenters. The number of halogens is 2. The molecule has 17 heavy (non-hydrogen) atoms. The number of benzene rings is 1. The minimum Gasteiger partial charge on any atom is -0.328 e. The van der Waals surface area contributed by atoms with E-state index in [4.69, 9.17) is 5.73 Å². The monoisotopic (exact) mass is 300 g/mol. The van der Waals surface area contributed by atoms with E-state index in [2.05, 4.69) is 27.8 Å². The summed E-state index contributed by atoms with van der Waals surface area (Å²) in [6, 6.07) is 5.14. The van der Waals surface area contributed by atoms with Crippen molar-refractivity contribution >= 4 is 15.9 Å². The lowest BCUT2D eigenvalue weighted by molar-refractivity contribution is 0.308. The van der Waals surface area contributed by atoms with Crippen molar-refractivity contribution in [3.63, 3.8) is 0 Å². The quantitative estimate of drug-likeness (QED) is 0.930. The van der Waals surface area contributed by atoms with Crippen LogP contribution in [-0.4, -0.2) is 24.0 Å². The summed E-state index contributed by atoms with van der Waals surface area (Å²) in [5.41, 5.74) is 7.05. The van der Waals surface area contributed by atoms with Gasteiger partial charge in [-0.05, 0) is 43.5 Å². The maximum Gasteiger partial charge on any atom is 0.124 e. The fraction of sp³-hybridized carbons (Fsp3) is 0.538. The first-order valence-electron chi connectivity index (χ1n) is 5.98. The second-order valence-corrected chi connectivity index (χ2v) is 5.73. The average Bonchev–Trinajstić information content (AvgIpc) is 2.71. The lowest BCUT2D eigenvalue weighted by Gasteiger charge is -2.18. The summed E-state index contributed by atoms with van der Waals surface area (Å²) in [6.45, 7) is 5.06. The molecule has 0 saturated carbocycles. The molecule has 0 aliphatic carbocycles. The Kier molecular flexibility index (Phi) is 4.17. The summed E-state index contributed by atoms with van der Waals surface area (Å²) in [7, 11) is 0. The average molecular weight is 301 g/mol. The lowest BCUT2D eigenvalue weighted by Crippen LogP contribution is -2.29. The van der Waals surface area contributed by atoms with Crippen LogP contribution in [0.1, 0.15) is 18.9 Å². The predicted octanol–water partition coefficient (Wildman–Crippen LogP) is 2.76. The molecule has 94 valence electrons. The topological polar surface area (TPSA) is 29.3 Å². The van der Waals surface area contributed by atoms with E-state index in [0.717, 1.165) is 36.1 Å². The normalized spacial score (nSPS) is 22.9. The molecule has 1 aromatic rings. The van der Waals surface area contributed by atoms with Crippen molar-refractivity contribution in [1.29, 1.82) is 0 Å². The zero-order valence-electron chi connectivity index (χ0n) is 10.00. The molecular formula is C13H18BrFN2. The van der Waals surface area contributed by atoms with E-state index in [-0.39, 0.29) is 11.9 Å². The van der Waals surface area contributed by atoms with Crippen molar-refractivity contribution in [2.24, 2.45) is 11.7 Å². The minimum absolute atomic E-state index is 0.199. The SMILES string of the molecule is CC(N)C1CCN(Cc2ccc(F)cc2Br)C1. The van der Waals surface area contributed by atoms with E-state index in [1.54, 1.807) is 0 Å². The van der Waals surface area contributed by atoms with Crippen molar-refractivity contribution in [3.05, 3.63) is 34.1 Å². The molecule has 4 heteroatoms. The number of hydrogen-bond donors (Lipinski definition) is 1. The Morgan fingerprint density at radius 3 is 2.94 bits per heavy atom. The van der Waals surface area contributed by atoms with Crippen molar-refractivity contribution < 1.29 is 4.39 Å². The van der Waals surface area contributed by atoms with Crippen LogP contribution in [-0.2, 0) is 6.54 Å². The molecule has 2 N–H and O–H groups in total. The number of hydrogen-bond acceptors (Lipinski definition) is 2. The molecule has 1 aliphatic heterocycles. The Bertz CT molecular complexity index is 395. The summed E-state index contributed by atoms with van der Waals surface area (Å²) < 4.78 is 13.8. The maximum absolute atomic E-state index is 13.0. The first kappa shape index (κ1) is 13.0. The predicted molar refractivity (Wildman–Crippen MR) is 71.1 cm³/mol. The van der Waals surface area contributed by atoms with Gasteiger partial charge in [-0.25, -0.2) is 4.39 Å². The van der Waals surface area contributed by atoms with Crippen LogP contribution in [0.15, 0.2) is 22.7 Å². The number of nitrogens with two attached hydrogens (primary N) is 1. The highest BCUT2D eigenvalue weighted by Crippen LogP contribution is 2.24. The molecule has 0 amide bonds. The zero-order chi connectivity index (χ0) is 12.4. The van der Waals surface area contributed by atoms with Gasteiger partial charge in [-0.1, -0.05) is 22.0 Å². The maximum atomic E-state index is 13.0. The minimum atomic E-state index is -0.199. The highest BCUT2D eigenvalue weighted by atomic mass is 79.9. The van der Waals surface area contributed by atoms with E-state index in [9.17, 15) is 4.39 Å². The molecule has 0 radical (unpaired) electrons. The van der Waals surface area contributed by atoms with Gasteiger partial charge in [0.1, 0.15) is 5.82 Å². The van der Waals surface area contributed by atoms with Gasteiger partial charge in [0.15, 0.2) is 0 Å². The summed E-state index contributed by atoms with van der Waals surface area (Å²) in [5.74, 6) is 0.393. The third-order valence-corrected chi connectivity index (χ3v) is 4.20. The van der Waals surface area contributed by atoms with Gasteiger partial charge in [-0.15, -0.1) is 0 Å². The molecule has 1 aromatic carbocycles. The van der Waals surface area contributed by atoms with Gasteiger partial charge in [0, 0.05) is 23.6 Å². The Balaban J connectivity index is 1.98. The van der Waals surface area contributed by atoms with Crippen molar-refractivity contribution in [2.45, 2.75) is 25.9 Å². The van der Waals surface area contributed by atoms with E-state index in [1.807, 2.05) is 6.07 Å². The zero-order valence-corrected chi connectivity index (χ0v) is 11.6. The lowest BCUT2D eigenvalue weighted by atomic mass is 10.0. The Morgan fingerprint density at radius 1 is 1.59 bits per heavy atom. The molecule has 1 fully saturated rings. The molecule has 0 aromatic heterocycles. The fourth-order valence-corrected chi connectivity index (χ4v) is 2.80. The van der Waals surface area contributed by atoms with Gasteiger partial charge in [0.05, 0.1) is 0 Å². The van der Waals surface area contributed by atoms with Crippen LogP contribution in [0.3, 0.4) is 0 Å². The van der Waals surface area contributed by atoms with Gasteiger partial charge in [-0.2, -0.15) is 0 Å². The Morgan fingerprint density at radius 2 is 2.35 bits per heavy atom. The smallest absolute Gasteiger partial charge is 0.124 e. The molecule has 0 spiro atoms. The van der Waals surface area contributed by atoms with Gasteiger partial charge < -0.3 is 5.73 Å². The highest BCUT2D eigenvalue weighted by molar-refractivity contribution is 9.10. The van der Waals surface area contributed by atoms with Crippen molar-refractivity contribution in [1.82, 2.24) is 4.90 Å². The van der Waals surface area contributed by atoms with Crippen LogP contribution in [0, 0.1) is 11.7 Å². The largest absolute Gasteiger partial charge is 0.328 e. The van der Waals surface area contributed by atoms with Crippen LogP contribution in [0.5, 0.6) is 0 Å². The van der Waals surface area contributed by atoms with Gasteiger partial charge >= 0.3 is 0 Å². The third kappa shape index (κ3) is 3.27. The molecule has 1 heterocycles. The van der Waals surface area contributed by atoms with E-state index < -0.39 is 0 Å². The molecule has 1 aliphatic rings. The second-order valence-electron chi connectivity index (χ2n) is 4.88. The van der Waals surface area contributed by atoms with E-state index >= 15 is 0 Å².